The van der Waals surface area contributed by atoms with E-state index in [1.54, 1.807) is 72.8 Å². The highest BCUT2D eigenvalue weighted by atomic mass is 16.5. The largest absolute Gasteiger partial charge is 0.423 e. The zero-order valence-electron chi connectivity index (χ0n) is 62.1. The number of H-pyrrole nitrogens is 4. The van der Waals surface area contributed by atoms with Crippen molar-refractivity contribution in [2.24, 2.45) is 10.2 Å². The molecular formula is C102H66N10O4. The Morgan fingerprint density at radius 3 is 0.578 bits per heavy atom. The molecule has 4 aliphatic rings. The standard InChI is InChI=1S/C102H66N10O4/c113-101(71-35-31-69(32-36-71)99-89-59-55-85(107-89)95(65-23-11-3-12-24-65)81-51-47-77(103-81)93(63-19-7-1-8-20-63)78-48-52-82(104-78)96(66-25-13-4-14-26-66)86-56-60-90(99)108-86)115-75-43-39-73(40-44-75)111-112-74-41-45-76(46-42-74)116-102(114)72-37-33-70(34-38-72)100-91-61-57-87(109-91)97(67-27-15-5-16-28-67)83-53-49-79(105-83)94(64-21-9-2-10-22-64)80-50-54-84(106-80)98(68-29-17-6-18-30-68)88-58-62-92(100)110-88/h1-62,103,105,108,110H. The van der Waals surface area contributed by atoms with Gasteiger partial charge in [-0.3, -0.25) is 0 Å². The van der Waals surface area contributed by atoms with Gasteiger partial charge in [-0.1, -0.05) is 206 Å². The molecule has 0 radical (unpaired) electrons. The van der Waals surface area contributed by atoms with Crippen LogP contribution in [0.4, 0.5) is 11.4 Å². The summed E-state index contributed by atoms with van der Waals surface area (Å²) >= 11 is 0. The number of hydrogen-bond donors (Lipinski definition) is 4. The molecule has 14 nitrogen and oxygen atoms in total. The average Bonchev–Trinajstić information content (AvgIpc) is 1.61. The Morgan fingerprint density at radius 1 is 0.207 bits per heavy atom. The molecule has 4 N–H and O–H groups in total. The fourth-order valence-corrected chi connectivity index (χ4v) is 15.6. The van der Waals surface area contributed by atoms with Gasteiger partial charge in [-0.25, -0.2) is 29.5 Å². The minimum absolute atomic E-state index is 0.332. The van der Waals surface area contributed by atoms with E-state index in [0.29, 0.717) is 34.0 Å². The summed E-state index contributed by atoms with van der Waals surface area (Å²) in [6.45, 7) is 0. The number of aromatic amines is 4. The number of rotatable bonds is 14. The summed E-state index contributed by atoms with van der Waals surface area (Å²) < 4.78 is 11.9. The Kier molecular flexibility index (Phi) is 17.9. The van der Waals surface area contributed by atoms with Crippen molar-refractivity contribution in [1.82, 2.24) is 39.9 Å². The van der Waals surface area contributed by atoms with E-state index in [1.807, 2.05) is 109 Å². The number of nitrogens with zero attached hydrogens (tertiary/aromatic N) is 6. The Morgan fingerprint density at radius 2 is 0.388 bits per heavy atom. The van der Waals surface area contributed by atoms with Crippen LogP contribution in [0.3, 0.4) is 0 Å². The number of benzene rings is 10. The first-order valence-electron chi connectivity index (χ1n) is 38.2. The van der Waals surface area contributed by atoms with Crippen LogP contribution in [0, 0.1) is 0 Å². The van der Waals surface area contributed by atoms with Gasteiger partial charge in [0.15, 0.2) is 0 Å². The molecule has 20 rings (SSSR count). The van der Waals surface area contributed by atoms with Gasteiger partial charge in [0.05, 0.1) is 68.1 Å². The van der Waals surface area contributed by atoms with Crippen LogP contribution in [0.5, 0.6) is 11.5 Å². The van der Waals surface area contributed by atoms with Gasteiger partial charge in [0.2, 0.25) is 0 Å². The van der Waals surface area contributed by atoms with Crippen molar-refractivity contribution in [1.29, 1.82) is 0 Å². The fraction of sp³-hybridized carbons (Fsp3) is 0. The monoisotopic (exact) mass is 1490 g/mol. The lowest BCUT2D eigenvalue weighted by Gasteiger charge is -2.08. The third-order valence-electron chi connectivity index (χ3n) is 21.1. The van der Waals surface area contributed by atoms with E-state index in [1.165, 1.54) is 0 Å². The minimum Gasteiger partial charge on any atom is -0.423 e. The molecule has 0 spiro atoms. The van der Waals surface area contributed by atoms with Crippen LogP contribution in [0.25, 0.3) is 182 Å². The molecule has 0 saturated heterocycles. The maximum Gasteiger partial charge on any atom is 0.343 e. The molecule has 4 aliphatic heterocycles. The van der Waals surface area contributed by atoms with E-state index in [4.69, 9.17) is 29.4 Å². The zero-order chi connectivity index (χ0) is 77.4. The van der Waals surface area contributed by atoms with Crippen molar-refractivity contribution >= 4 is 116 Å². The van der Waals surface area contributed by atoms with E-state index in [2.05, 4.69) is 224 Å². The van der Waals surface area contributed by atoms with Gasteiger partial charge in [-0.2, -0.15) is 10.2 Å². The number of fused-ring (bicyclic) bond motifs is 16. The van der Waals surface area contributed by atoms with Gasteiger partial charge in [0, 0.05) is 88.6 Å². The van der Waals surface area contributed by atoms with E-state index in [0.717, 1.165) is 179 Å². The number of nitrogens with one attached hydrogen (secondary N) is 4. The lowest BCUT2D eigenvalue weighted by atomic mass is 10.0. The normalized spacial score (nSPS) is 12.0. The van der Waals surface area contributed by atoms with Gasteiger partial charge in [-0.15, -0.1) is 0 Å². The van der Waals surface area contributed by atoms with Crippen LogP contribution < -0.4 is 9.47 Å². The fourth-order valence-electron chi connectivity index (χ4n) is 15.6. The van der Waals surface area contributed by atoms with Crippen molar-refractivity contribution in [3.05, 3.63) is 384 Å². The second-order valence-corrected chi connectivity index (χ2v) is 28.3. The maximum atomic E-state index is 14.0. The van der Waals surface area contributed by atoms with E-state index in [9.17, 15) is 9.59 Å². The third kappa shape index (κ3) is 13.5. The van der Waals surface area contributed by atoms with Gasteiger partial charge in [-0.05, 0) is 214 Å². The van der Waals surface area contributed by atoms with Crippen LogP contribution in [0.1, 0.15) is 66.3 Å². The quantitative estimate of drug-likeness (QED) is 0.0469. The molecule has 10 heterocycles. The maximum absolute atomic E-state index is 14.0. The molecule has 14 heteroatoms. The Labute approximate surface area is 666 Å². The highest BCUT2D eigenvalue weighted by Gasteiger charge is 2.24. The zero-order valence-corrected chi connectivity index (χ0v) is 62.1. The molecule has 16 bridgehead atoms. The number of esters is 2. The topological polar surface area (TPSA) is 192 Å². The molecule has 10 aromatic carbocycles. The second-order valence-electron chi connectivity index (χ2n) is 28.3. The number of carbonyl (C=O) groups excluding carboxylic acids is 2. The molecule has 0 saturated carbocycles. The van der Waals surface area contributed by atoms with Gasteiger partial charge in [0.1, 0.15) is 11.5 Å². The molecule has 6 aromatic heterocycles. The summed E-state index contributed by atoms with van der Waals surface area (Å²) in [4.78, 5) is 64.9. The first kappa shape index (κ1) is 69.2. The van der Waals surface area contributed by atoms with Crippen LogP contribution in [0.15, 0.2) is 338 Å². The SMILES string of the molecule is O=C(Oc1ccc(N=Nc2ccc(OC(=O)c3ccc(-c4c5nc(c(-c6ccccc6)c6ccc([nH]6)c(-c6ccccc6)c6nc(c(-c7ccccc7)c7ccc4[nH]7)C=C6)C=C5)cc3)cc2)cc1)c1ccc(-c2c3nc(c(-c4ccccc4)c4ccc([nH]4)c(-c4ccccc4)c4nc(c(-c5ccccc5)c5ccc2[nH]5)C=C4)C=C3)cc1. The first-order chi connectivity index (χ1) is 57.3. The predicted molar refractivity (Wildman–Crippen MR) is 468 cm³/mol. The van der Waals surface area contributed by atoms with Crippen LogP contribution >= 0.6 is 0 Å². The summed E-state index contributed by atoms with van der Waals surface area (Å²) in [5.74, 6) is -0.400. The lowest BCUT2D eigenvalue weighted by molar-refractivity contribution is 0.0725. The lowest BCUT2D eigenvalue weighted by Crippen LogP contribution is -2.08. The van der Waals surface area contributed by atoms with Crippen LogP contribution in [-0.4, -0.2) is 51.8 Å². The van der Waals surface area contributed by atoms with Crippen molar-refractivity contribution in [3.8, 4) is 101 Å². The Hall–Kier alpha value is -16.1. The molecule has 116 heavy (non-hydrogen) atoms. The Balaban J connectivity index is 0.554. The highest BCUT2D eigenvalue weighted by Crippen LogP contribution is 2.43. The predicted octanol–water partition coefficient (Wildman–Crippen LogP) is 25.8. The number of aromatic nitrogens is 8. The third-order valence-corrected chi connectivity index (χ3v) is 21.1. The van der Waals surface area contributed by atoms with Gasteiger partial charge < -0.3 is 29.4 Å². The molecular weight excluding hydrogens is 1430 g/mol. The molecule has 16 aromatic rings. The number of ether oxygens (including phenoxy) is 2. The van der Waals surface area contributed by atoms with E-state index < -0.39 is 11.9 Å². The van der Waals surface area contributed by atoms with Gasteiger partial charge in [0.25, 0.3) is 0 Å². The average molecular weight is 1500 g/mol. The summed E-state index contributed by atoms with van der Waals surface area (Å²) in [7, 11) is 0. The second kappa shape index (κ2) is 30.0. The smallest absolute Gasteiger partial charge is 0.343 e. The minimum atomic E-state index is -0.532. The molecule has 0 unspecified atom stereocenters. The molecule has 0 amide bonds. The van der Waals surface area contributed by atoms with Crippen molar-refractivity contribution in [2.45, 2.75) is 0 Å². The molecule has 0 atom stereocenters. The van der Waals surface area contributed by atoms with Crippen LogP contribution in [-0.2, 0) is 0 Å². The molecule has 0 fully saturated rings. The first-order valence-corrected chi connectivity index (χ1v) is 38.2. The molecule has 548 valence electrons. The number of hydrogen-bond acceptors (Lipinski definition) is 10. The number of carbonyl (C=O) groups is 2. The van der Waals surface area contributed by atoms with Crippen molar-refractivity contribution in [2.75, 3.05) is 0 Å². The van der Waals surface area contributed by atoms with Gasteiger partial charge >= 0.3 is 11.9 Å². The number of azo groups is 1. The summed E-state index contributed by atoms with van der Waals surface area (Å²) in [5, 5.41) is 8.93. The summed E-state index contributed by atoms with van der Waals surface area (Å²) in [6.07, 6.45) is 16.6. The summed E-state index contributed by atoms with van der Waals surface area (Å²) in [6, 6.07) is 107. The van der Waals surface area contributed by atoms with Crippen molar-refractivity contribution < 1.29 is 19.1 Å². The summed E-state index contributed by atoms with van der Waals surface area (Å²) in [5.41, 5.74) is 30.4. The van der Waals surface area contributed by atoms with E-state index >= 15 is 0 Å². The van der Waals surface area contributed by atoms with Crippen molar-refractivity contribution in [3.63, 3.8) is 0 Å². The van der Waals surface area contributed by atoms with Crippen LogP contribution in [0.2, 0.25) is 0 Å². The Bertz CT molecular complexity index is 6590. The van der Waals surface area contributed by atoms with E-state index in [-0.39, 0.29) is 0 Å². The highest BCUT2D eigenvalue weighted by molar-refractivity contribution is 6.04. The molecule has 0 aliphatic carbocycles.